The predicted octanol–water partition coefficient (Wildman–Crippen LogP) is 1.10. The minimum atomic E-state index is -0.271. The topological polar surface area (TPSA) is 20.2 Å². The first kappa shape index (κ1) is 5.61. The average molecular weight is 110 g/mol. The zero-order valence-corrected chi connectivity index (χ0v) is 4.80. The molecular formula is C7H10O. The number of aliphatic hydroxyl groups excluding tert-OH is 1. The normalized spacial score (nSPS) is 21.6. The lowest BCUT2D eigenvalue weighted by molar-refractivity contribution is 0.200. The smallest absolute Gasteiger partial charge is 0.0822 e. The molecule has 0 bridgehead atoms. The van der Waals surface area contributed by atoms with Crippen LogP contribution < -0.4 is 0 Å². The quantitative estimate of drug-likeness (QED) is 0.528. The van der Waals surface area contributed by atoms with E-state index >= 15 is 0 Å². The van der Waals surface area contributed by atoms with Crippen molar-refractivity contribution in [3.63, 3.8) is 0 Å². The van der Waals surface area contributed by atoms with Crippen molar-refractivity contribution >= 4 is 0 Å². The van der Waals surface area contributed by atoms with E-state index in [4.69, 9.17) is 5.11 Å². The Morgan fingerprint density at radius 1 is 1.75 bits per heavy atom. The molecule has 1 nitrogen and oxygen atoms in total. The fourth-order valence-corrected chi connectivity index (χ4v) is 0.695. The maximum Gasteiger partial charge on any atom is 0.0822 e. The molecule has 1 fully saturated rings. The molecule has 1 aliphatic carbocycles. The van der Waals surface area contributed by atoms with Crippen LogP contribution in [0.15, 0.2) is 18.4 Å². The van der Waals surface area contributed by atoms with Gasteiger partial charge in [-0.2, -0.15) is 0 Å². The first-order valence-electron chi connectivity index (χ1n) is 2.88. The molecule has 0 saturated heterocycles. The van der Waals surface area contributed by atoms with E-state index in [1.54, 1.807) is 6.08 Å². The summed E-state index contributed by atoms with van der Waals surface area (Å²) < 4.78 is 0. The van der Waals surface area contributed by atoms with Crippen molar-refractivity contribution in [2.24, 2.45) is 5.92 Å². The molecule has 0 heterocycles. The van der Waals surface area contributed by atoms with Crippen molar-refractivity contribution in [3.8, 4) is 0 Å². The Bertz CT molecular complexity index is 118. The van der Waals surface area contributed by atoms with Crippen LogP contribution in [0.1, 0.15) is 12.8 Å². The van der Waals surface area contributed by atoms with Crippen LogP contribution in [-0.2, 0) is 0 Å². The van der Waals surface area contributed by atoms with E-state index < -0.39 is 0 Å². The van der Waals surface area contributed by atoms with Gasteiger partial charge in [-0.15, -0.1) is 5.73 Å². The Labute approximate surface area is 49.3 Å². The Morgan fingerprint density at radius 2 is 2.38 bits per heavy atom. The molecule has 1 rings (SSSR count). The molecule has 44 valence electrons. The maximum absolute atomic E-state index is 9.03. The summed E-state index contributed by atoms with van der Waals surface area (Å²) in [5.41, 5.74) is 2.56. The third kappa shape index (κ3) is 1.22. The van der Waals surface area contributed by atoms with Gasteiger partial charge in [0.05, 0.1) is 6.10 Å². The van der Waals surface area contributed by atoms with Gasteiger partial charge in [0.15, 0.2) is 0 Å². The molecule has 1 N–H and O–H groups in total. The van der Waals surface area contributed by atoms with Crippen molar-refractivity contribution < 1.29 is 5.11 Å². The van der Waals surface area contributed by atoms with Crippen LogP contribution in [0.4, 0.5) is 0 Å². The molecule has 0 radical (unpaired) electrons. The van der Waals surface area contributed by atoms with Gasteiger partial charge < -0.3 is 5.11 Å². The van der Waals surface area contributed by atoms with Crippen LogP contribution in [0.2, 0.25) is 0 Å². The highest BCUT2D eigenvalue weighted by molar-refractivity contribution is 4.94. The minimum Gasteiger partial charge on any atom is -0.388 e. The van der Waals surface area contributed by atoms with Crippen molar-refractivity contribution in [2.45, 2.75) is 18.9 Å². The fraction of sp³-hybridized carbons (Fsp3) is 0.571. The van der Waals surface area contributed by atoms with Gasteiger partial charge in [-0.05, 0) is 24.8 Å². The third-order valence-electron chi connectivity index (χ3n) is 1.39. The van der Waals surface area contributed by atoms with Crippen LogP contribution in [0, 0.1) is 5.92 Å². The van der Waals surface area contributed by atoms with E-state index in [1.807, 2.05) is 0 Å². The molecule has 1 heteroatoms. The number of rotatable bonds is 2. The largest absolute Gasteiger partial charge is 0.388 e. The summed E-state index contributed by atoms with van der Waals surface area (Å²) in [5.74, 6) is 0.518. The second kappa shape index (κ2) is 2.17. The molecule has 1 atom stereocenters. The van der Waals surface area contributed by atoms with E-state index in [0.29, 0.717) is 5.92 Å². The molecule has 1 unspecified atom stereocenters. The Morgan fingerprint density at radius 3 is 2.75 bits per heavy atom. The lowest BCUT2D eigenvalue weighted by Crippen LogP contribution is -2.02. The second-order valence-electron chi connectivity index (χ2n) is 2.20. The number of hydrogen-bond donors (Lipinski definition) is 1. The summed E-state index contributed by atoms with van der Waals surface area (Å²) in [4.78, 5) is 0. The van der Waals surface area contributed by atoms with Gasteiger partial charge in [0.25, 0.3) is 0 Å². The zero-order chi connectivity index (χ0) is 5.98. The Kier molecular flexibility index (Phi) is 1.52. The third-order valence-corrected chi connectivity index (χ3v) is 1.39. The molecule has 1 aliphatic rings. The van der Waals surface area contributed by atoms with Crippen molar-refractivity contribution in [3.05, 3.63) is 18.4 Å². The van der Waals surface area contributed by atoms with E-state index in [-0.39, 0.29) is 6.10 Å². The van der Waals surface area contributed by atoms with E-state index in [2.05, 4.69) is 12.3 Å². The predicted molar refractivity (Wildman–Crippen MR) is 32.4 cm³/mol. The molecule has 0 aromatic rings. The summed E-state index contributed by atoms with van der Waals surface area (Å²) in [6.45, 7) is 3.37. The highest BCUT2D eigenvalue weighted by atomic mass is 16.3. The average Bonchev–Trinajstić information content (AvgIpc) is 2.45. The molecule has 1 saturated carbocycles. The van der Waals surface area contributed by atoms with E-state index in [9.17, 15) is 0 Å². The molecular weight excluding hydrogens is 100 g/mol. The van der Waals surface area contributed by atoms with E-state index in [1.165, 1.54) is 12.8 Å². The highest BCUT2D eigenvalue weighted by Gasteiger charge is 2.27. The van der Waals surface area contributed by atoms with Gasteiger partial charge in [-0.25, -0.2) is 0 Å². The summed E-state index contributed by atoms with van der Waals surface area (Å²) in [6, 6.07) is 0. The first-order valence-corrected chi connectivity index (χ1v) is 2.88. The zero-order valence-electron chi connectivity index (χ0n) is 4.80. The molecule has 0 aliphatic heterocycles. The van der Waals surface area contributed by atoms with Crippen LogP contribution in [0.5, 0.6) is 0 Å². The maximum atomic E-state index is 9.03. The van der Waals surface area contributed by atoms with Gasteiger partial charge in [-0.1, -0.05) is 6.58 Å². The molecule has 0 aromatic carbocycles. The fourth-order valence-electron chi connectivity index (χ4n) is 0.695. The van der Waals surface area contributed by atoms with Crippen molar-refractivity contribution in [1.82, 2.24) is 0 Å². The second-order valence-corrected chi connectivity index (χ2v) is 2.20. The summed E-state index contributed by atoms with van der Waals surface area (Å²) in [7, 11) is 0. The molecule has 0 amide bonds. The minimum absolute atomic E-state index is 0.271. The molecule has 0 aromatic heterocycles. The summed E-state index contributed by atoms with van der Waals surface area (Å²) in [5, 5.41) is 9.03. The highest BCUT2D eigenvalue weighted by Crippen LogP contribution is 2.32. The number of hydrogen-bond acceptors (Lipinski definition) is 1. The van der Waals surface area contributed by atoms with E-state index in [0.717, 1.165) is 0 Å². The standard InChI is InChI=1S/C7H10O/c1-2-3-7(8)6-4-5-6/h3,6-8H,1,4-5H2. The van der Waals surface area contributed by atoms with Gasteiger partial charge in [0, 0.05) is 0 Å². The van der Waals surface area contributed by atoms with Crippen LogP contribution >= 0.6 is 0 Å². The van der Waals surface area contributed by atoms with Crippen LogP contribution in [0.25, 0.3) is 0 Å². The first-order chi connectivity index (χ1) is 3.84. The number of aliphatic hydroxyl groups is 1. The monoisotopic (exact) mass is 110 g/mol. The van der Waals surface area contributed by atoms with Gasteiger partial charge in [0.2, 0.25) is 0 Å². The van der Waals surface area contributed by atoms with Crippen molar-refractivity contribution in [1.29, 1.82) is 0 Å². The molecule has 0 spiro atoms. The summed E-state index contributed by atoms with van der Waals surface area (Å²) >= 11 is 0. The Balaban J connectivity index is 2.32. The van der Waals surface area contributed by atoms with Gasteiger partial charge >= 0.3 is 0 Å². The Hall–Kier alpha value is -0.520. The molecule has 8 heavy (non-hydrogen) atoms. The van der Waals surface area contributed by atoms with Crippen LogP contribution in [0.3, 0.4) is 0 Å². The van der Waals surface area contributed by atoms with Crippen molar-refractivity contribution in [2.75, 3.05) is 0 Å². The van der Waals surface area contributed by atoms with Crippen LogP contribution in [-0.4, -0.2) is 11.2 Å². The lowest BCUT2D eigenvalue weighted by Gasteiger charge is -1.96. The van der Waals surface area contributed by atoms with Gasteiger partial charge in [0.1, 0.15) is 0 Å². The SMILES string of the molecule is C=C=CC(O)C1CC1. The summed E-state index contributed by atoms with van der Waals surface area (Å²) in [6.07, 6.45) is 3.68. The van der Waals surface area contributed by atoms with Gasteiger partial charge in [-0.3, -0.25) is 0 Å². The lowest BCUT2D eigenvalue weighted by atomic mass is 10.2.